The molecule has 1 saturated heterocycles. The number of nitrogens with two attached hydrogens (primary N) is 1. The van der Waals surface area contributed by atoms with Gasteiger partial charge in [-0.1, -0.05) is 42.5 Å². The Labute approximate surface area is 95.1 Å². The van der Waals surface area contributed by atoms with Crippen molar-refractivity contribution in [2.24, 2.45) is 0 Å². The lowest BCUT2D eigenvalue weighted by Crippen LogP contribution is -1.87. The SMILES string of the molecule is Nc1ccc([C@@H]2NC2c2ccccc2)cc1. The summed E-state index contributed by atoms with van der Waals surface area (Å²) >= 11 is 0. The van der Waals surface area contributed by atoms with Crippen LogP contribution in [0.15, 0.2) is 54.6 Å². The second kappa shape index (κ2) is 3.65. The highest BCUT2D eigenvalue weighted by atomic mass is 15.1. The molecule has 1 fully saturated rings. The molecule has 16 heavy (non-hydrogen) atoms. The molecule has 2 atom stereocenters. The molecule has 1 heterocycles. The summed E-state index contributed by atoms with van der Waals surface area (Å²) in [6.07, 6.45) is 0. The minimum absolute atomic E-state index is 0.447. The molecule has 1 unspecified atom stereocenters. The van der Waals surface area contributed by atoms with Crippen molar-refractivity contribution in [3.05, 3.63) is 65.7 Å². The molecule has 0 aromatic heterocycles. The summed E-state index contributed by atoms with van der Waals surface area (Å²) in [5.41, 5.74) is 9.15. The van der Waals surface area contributed by atoms with E-state index in [0.29, 0.717) is 12.1 Å². The first-order valence-corrected chi connectivity index (χ1v) is 5.51. The Hall–Kier alpha value is -1.80. The maximum absolute atomic E-state index is 5.67. The van der Waals surface area contributed by atoms with Gasteiger partial charge in [0.05, 0.1) is 12.1 Å². The number of nitrogen functional groups attached to an aromatic ring is 1. The quantitative estimate of drug-likeness (QED) is 0.591. The Morgan fingerprint density at radius 2 is 1.31 bits per heavy atom. The zero-order valence-electron chi connectivity index (χ0n) is 8.93. The van der Waals surface area contributed by atoms with Crippen molar-refractivity contribution in [2.45, 2.75) is 12.1 Å². The van der Waals surface area contributed by atoms with Gasteiger partial charge in [-0.2, -0.15) is 0 Å². The predicted molar refractivity (Wildman–Crippen MR) is 65.9 cm³/mol. The monoisotopic (exact) mass is 210 g/mol. The molecule has 80 valence electrons. The van der Waals surface area contributed by atoms with Gasteiger partial charge in [0.25, 0.3) is 0 Å². The molecule has 2 heteroatoms. The van der Waals surface area contributed by atoms with Crippen LogP contribution in [0, 0.1) is 0 Å². The Morgan fingerprint density at radius 3 is 1.94 bits per heavy atom. The maximum atomic E-state index is 5.67. The van der Waals surface area contributed by atoms with E-state index in [9.17, 15) is 0 Å². The second-order valence-corrected chi connectivity index (χ2v) is 4.20. The zero-order chi connectivity index (χ0) is 11.0. The van der Waals surface area contributed by atoms with E-state index in [1.165, 1.54) is 11.1 Å². The van der Waals surface area contributed by atoms with Gasteiger partial charge in [-0.15, -0.1) is 0 Å². The topological polar surface area (TPSA) is 48.0 Å². The summed E-state index contributed by atoms with van der Waals surface area (Å²) in [5, 5.41) is 3.48. The molecule has 2 nitrogen and oxygen atoms in total. The van der Waals surface area contributed by atoms with Crippen molar-refractivity contribution in [1.82, 2.24) is 5.32 Å². The lowest BCUT2D eigenvalue weighted by Gasteiger charge is -1.99. The molecule has 3 rings (SSSR count). The summed E-state index contributed by atoms with van der Waals surface area (Å²) in [6, 6.07) is 19.5. The number of hydrogen-bond donors (Lipinski definition) is 2. The molecule has 2 aromatic rings. The van der Waals surface area contributed by atoms with Crippen LogP contribution >= 0.6 is 0 Å². The van der Waals surface area contributed by atoms with Crippen LogP contribution in [-0.2, 0) is 0 Å². The van der Waals surface area contributed by atoms with Gasteiger partial charge in [-0.25, -0.2) is 0 Å². The van der Waals surface area contributed by atoms with Crippen LogP contribution in [0.4, 0.5) is 5.69 Å². The highest BCUT2D eigenvalue weighted by Crippen LogP contribution is 2.42. The van der Waals surface area contributed by atoms with Crippen LogP contribution in [0.1, 0.15) is 23.2 Å². The molecular weight excluding hydrogens is 196 g/mol. The van der Waals surface area contributed by atoms with Crippen LogP contribution in [0.2, 0.25) is 0 Å². The smallest absolute Gasteiger partial charge is 0.0523 e. The summed E-state index contributed by atoms with van der Waals surface area (Å²) < 4.78 is 0. The van der Waals surface area contributed by atoms with E-state index in [-0.39, 0.29) is 0 Å². The number of hydrogen-bond acceptors (Lipinski definition) is 2. The zero-order valence-corrected chi connectivity index (χ0v) is 8.93. The number of anilines is 1. The van der Waals surface area contributed by atoms with Gasteiger partial charge in [0.2, 0.25) is 0 Å². The van der Waals surface area contributed by atoms with E-state index in [1.807, 2.05) is 18.2 Å². The maximum Gasteiger partial charge on any atom is 0.0523 e. The van der Waals surface area contributed by atoms with Crippen LogP contribution in [0.3, 0.4) is 0 Å². The lowest BCUT2D eigenvalue weighted by molar-refractivity contribution is 1.03. The summed E-state index contributed by atoms with van der Waals surface area (Å²) in [6.45, 7) is 0. The first-order chi connectivity index (χ1) is 7.84. The Morgan fingerprint density at radius 1 is 0.750 bits per heavy atom. The van der Waals surface area contributed by atoms with E-state index in [2.05, 4.69) is 41.7 Å². The van der Waals surface area contributed by atoms with Crippen molar-refractivity contribution in [3.63, 3.8) is 0 Å². The molecule has 2 aromatic carbocycles. The fourth-order valence-corrected chi connectivity index (χ4v) is 2.08. The number of rotatable bonds is 2. The molecule has 0 saturated carbocycles. The third kappa shape index (κ3) is 1.68. The number of nitrogens with one attached hydrogen (secondary N) is 1. The fraction of sp³-hybridized carbons (Fsp3) is 0.143. The van der Waals surface area contributed by atoms with E-state index >= 15 is 0 Å². The van der Waals surface area contributed by atoms with E-state index in [1.54, 1.807) is 0 Å². The highest BCUT2D eigenvalue weighted by Gasteiger charge is 2.38. The molecular formula is C14H14N2. The van der Waals surface area contributed by atoms with Gasteiger partial charge in [-0.3, -0.25) is 5.32 Å². The van der Waals surface area contributed by atoms with Crippen LogP contribution in [-0.4, -0.2) is 0 Å². The fourth-order valence-electron chi connectivity index (χ4n) is 2.08. The van der Waals surface area contributed by atoms with Gasteiger partial charge < -0.3 is 5.73 Å². The van der Waals surface area contributed by atoms with E-state index in [4.69, 9.17) is 5.73 Å². The number of benzene rings is 2. The van der Waals surface area contributed by atoms with E-state index < -0.39 is 0 Å². The van der Waals surface area contributed by atoms with Gasteiger partial charge in [-0.05, 0) is 23.3 Å². The van der Waals surface area contributed by atoms with Crippen molar-refractivity contribution in [1.29, 1.82) is 0 Å². The van der Waals surface area contributed by atoms with E-state index in [0.717, 1.165) is 5.69 Å². The average molecular weight is 210 g/mol. The Balaban J connectivity index is 1.79. The third-order valence-electron chi connectivity index (χ3n) is 3.04. The average Bonchev–Trinajstić information content (AvgIpc) is 3.11. The molecule has 0 bridgehead atoms. The first-order valence-electron chi connectivity index (χ1n) is 5.51. The minimum atomic E-state index is 0.447. The highest BCUT2D eigenvalue weighted by molar-refractivity contribution is 5.43. The predicted octanol–water partition coefficient (Wildman–Crippen LogP) is 2.65. The second-order valence-electron chi connectivity index (χ2n) is 4.20. The van der Waals surface area contributed by atoms with Gasteiger partial charge in [0, 0.05) is 5.69 Å². The molecule has 0 aliphatic carbocycles. The molecule has 1 aliphatic rings. The molecule has 0 amide bonds. The van der Waals surface area contributed by atoms with Gasteiger partial charge in [0.15, 0.2) is 0 Å². The van der Waals surface area contributed by atoms with Crippen LogP contribution < -0.4 is 11.1 Å². The van der Waals surface area contributed by atoms with Crippen molar-refractivity contribution in [2.75, 3.05) is 5.73 Å². The Bertz CT molecular complexity index is 476. The molecule has 3 N–H and O–H groups in total. The van der Waals surface area contributed by atoms with Crippen molar-refractivity contribution < 1.29 is 0 Å². The van der Waals surface area contributed by atoms with Crippen LogP contribution in [0.25, 0.3) is 0 Å². The Kier molecular flexibility index (Phi) is 2.15. The van der Waals surface area contributed by atoms with Crippen molar-refractivity contribution in [3.8, 4) is 0 Å². The third-order valence-corrected chi connectivity index (χ3v) is 3.04. The minimum Gasteiger partial charge on any atom is -0.399 e. The normalized spacial score (nSPS) is 23.0. The summed E-state index contributed by atoms with van der Waals surface area (Å²) in [7, 11) is 0. The van der Waals surface area contributed by atoms with Crippen LogP contribution in [0.5, 0.6) is 0 Å². The largest absolute Gasteiger partial charge is 0.399 e. The van der Waals surface area contributed by atoms with Crippen molar-refractivity contribution >= 4 is 5.69 Å². The van der Waals surface area contributed by atoms with Gasteiger partial charge >= 0.3 is 0 Å². The summed E-state index contributed by atoms with van der Waals surface area (Å²) in [5.74, 6) is 0. The molecule has 0 spiro atoms. The molecule has 0 radical (unpaired) electrons. The molecule has 1 aliphatic heterocycles. The lowest BCUT2D eigenvalue weighted by atomic mass is 10.0. The van der Waals surface area contributed by atoms with Gasteiger partial charge in [0.1, 0.15) is 0 Å². The first kappa shape index (κ1) is 9.43. The summed E-state index contributed by atoms with van der Waals surface area (Å²) in [4.78, 5) is 0. The standard InChI is InChI=1S/C14H14N2/c15-12-8-6-11(7-9-12)14-13(16-14)10-4-2-1-3-5-10/h1-9,13-14,16H,15H2/t13?,14-/m0/s1.